The quantitative estimate of drug-likeness (QED) is 0.344. The van der Waals surface area contributed by atoms with Gasteiger partial charge in [0.15, 0.2) is 0 Å². The molecule has 200 valence electrons. The molecule has 3 rings (SSSR count). The molecule has 0 saturated heterocycles. The summed E-state index contributed by atoms with van der Waals surface area (Å²) in [6.45, 7) is 5.58. The van der Waals surface area contributed by atoms with Gasteiger partial charge in [-0.3, -0.25) is 4.79 Å². The van der Waals surface area contributed by atoms with Gasteiger partial charge < -0.3 is 25.2 Å². The van der Waals surface area contributed by atoms with Crippen molar-refractivity contribution < 1.29 is 29.0 Å². The summed E-state index contributed by atoms with van der Waals surface area (Å²) in [6, 6.07) is 23.8. The maximum absolute atomic E-state index is 13.2. The van der Waals surface area contributed by atoms with Crippen molar-refractivity contribution in [2.45, 2.75) is 57.9 Å². The molecule has 2 atom stereocenters. The van der Waals surface area contributed by atoms with Gasteiger partial charge in [-0.15, -0.1) is 0 Å². The smallest absolute Gasteiger partial charge is 0.408 e. The standard InChI is InChI=1S/C30H34N2O6/c1-30(2,3)38-29(36)32-25(27(33)31-26(28(34)35)19-21-10-6-4-7-11-21)18-22-14-16-24(17-15-22)37-20-23-12-8-5-9-13-23/h4-17,25-26H,18-20H2,1-3H3,(H,31,33)(H,32,36)(H,34,35)/t25-,26-/m0/s1. The van der Waals surface area contributed by atoms with Gasteiger partial charge >= 0.3 is 12.1 Å². The lowest BCUT2D eigenvalue weighted by atomic mass is 10.0. The van der Waals surface area contributed by atoms with Crippen molar-refractivity contribution in [2.75, 3.05) is 0 Å². The number of carboxylic acid groups (broad SMARTS) is 1. The summed E-state index contributed by atoms with van der Waals surface area (Å²) >= 11 is 0. The number of carbonyl (C=O) groups is 3. The summed E-state index contributed by atoms with van der Waals surface area (Å²) in [4.78, 5) is 37.6. The highest BCUT2D eigenvalue weighted by molar-refractivity contribution is 5.89. The monoisotopic (exact) mass is 518 g/mol. The normalized spacial score (nSPS) is 12.6. The van der Waals surface area contributed by atoms with Gasteiger partial charge in [-0.25, -0.2) is 9.59 Å². The van der Waals surface area contributed by atoms with Crippen LogP contribution in [0.25, 0.3) is 0 Å². The van der Waals surface area contributed by atoms with Crippen molar-refractivity contribution >= 4 is 18.0 Å². The number of rotatable bonds is 11. The Hall–Kier alpha value is -4.33. The number of amides is 2. The molecular formula is C30H34N2O6. The van der Waals surface area contributed by atoms with Crippen molar-refractivity contribution in [2.24, 2.45) is 0 Å². The Labute approximate surface area is 223 Å². The summed E-state index contributed by atoms with van der Waals surface area (Å²) in [6.07, 6.45) is -0.536. The average Bonchev–Trinajstić information content (AvgIpc) is 2.87. The summed E-state index contributed by atoms with van der Waals surface area (Å²) in [5.41, 5.74) is 1.80. The van der Waals surface area contributed by atoms with E-state index in [9.17, 15) is 19.5 Å². The number of nitrogens with one attached hydrogen (secondary N) is 2. The van der Waals surface area contributed by atoms with Gasteiger partial charge in [0.05, 0.1) is 0 Å². The molecule has 3 aromatic rings. The Morgan fingerprint density at radius 1 is 0.737 bits per heavy atom. The molecule has 0 radical (unpaired) electrons. The Kier molecular flexibility index (Phi) is 9.87. The first-order valence-corrected chi connectivity index (χ1v) is 12.4. The lowest BCUT2D eigenvalue weighted by molar-refractivity contribution is -0.142. The van der Waals surface area contributed by atoms with Crippen molar-refractivity contribution in [1.82, 2.24) is 10.6 Å². The van der Waals surface area contributed by atoms with Crippen LogP contribution in [0, 0.1) is 0 Å². The van der Waals surface area contributed by atoms with Crippen LogP contribution < -0.4 is 15.4 Å². The molecular weight excluding hydrogens is 484 g/mol. The highest BCUT2D eigenvalue weighted by Gasteiger charge is 2.28. The van der Waals surface area contributed by atoms with Gasteiger partial charge in [0, 0.05) is 12.8 Å². The predicted molar refractivity (Wildman–Crippen MR) is 144 cm³/mol. The minimum atomic E-state index is -1.17. The number of ether oxygens (including phenoxy) is 2. The van der Waals surface area contributed by atoms with Crippen LogP contribution >= 0.6 is 0 Å². The predicted octanol–water partition coefficient (Wildman–Crippen LogP) is 4.51. The first kappa shape index (κ1) is 28.2. The van der Waals surface area contributed by atoms with Crippen molar-refractivity contribution in [3.63, 3.8) is 0 Å². The van der Waals surface area contributed by atoms with Crippen LogP contribution in [0.1, 0.15) is 37.5 Å². The molecule has 8 nitrogen and oxygen atoms in total. The topological polar surface area (TPSA) is 114 Å². The van der Waals surface area contributed by atoms with Gasteiger partial charge in [-0.2, -0.15) is 0 Å². The molecule has 2 amide bonds. The van der Waals surface area contributed by atoms with Crippen LogP contribution in [0.2, 0.25) is 0 Å². The van der Waals surface area contributed by atoms with E-state index in [1.807, 2.05) is 36.4 Å². The molecule has 0 fully saturated rings. The van der Waals surface area contributed by atoms with Gasteiger partial charge in [0.1, 0.15) is 30.0 Å². The summed E-state index contributed by atoms with van der Waals surface area (Å²) in [5.74, 6) is -1.13. The van der Waals surface area contributed by atoms with Crippen LogP contribution in [0.5, 0.6) is 5.75 Å². The van der Waals surface area contributed by atoms with Crippen molar-refractivity contribution in [3.8, 4) is 5.75 Å². The number of hydrogen-bond acceptors (Lipinski definition) is 5. The second-order valence-electron chi connectivity index (χ2n) is 9.91. The second kappa shape index (κ2) is 13.3. The Morgan fingerprint density at radius 3 is 1.82 bits per heavy atom. The van der Waals surface area contributed by atoms with E-state index in [0.717, 1.165) is 16.7 Å². The lowest BCUT2D eigenvalue weighted by Crippen LogP contribution is -2.53. The van der Waals surface area contributed by atoms with Gasteiger partial charge in [-0.1, -0.05) is 72.8 Å². The number of carbonyl (C=O) groups excluding carboxylic acids is 2. The fourth-order valence-electron chi connectivity index (χ4n) is 3.68. The first-order valence-electron chi connectivity index (χ1n) is 12.4. The third kappa shape index (κ3) is 9.61. The van der Waals surface area contributed by atoms with Gasteiger partial charge in [-0.05, 0) is 49.6 Å². The highest BCUT2D eigenvalue weighted by Crippen LogP contribution is 2.16. The molecule has 8 heteroatoms. The largest absolute Gasteiger partial charge is 0.489 e. The molecule has 3 N–H and O–H groups in total. The molecule has 0 spiro atoms. The summed E-state index contributed by atoms with van der Waals surface area (Å²) in [5, 5.41) is 14.9. The molecule has 0 aromatic heterocycles. The highest BCUT2D eigenvalue weighted by atomic mass is 16.6. The van der Waals surface area contributed by atoms with Crippen LogP contribution in [0.3, 0.4) is 0 Å². The molecule has 0 saturated carbocycles. The molecule has 0 heterocycles. The van der Waals surface area contributed by atoms with E-state index in [0.29, 0.717) is 12.4 Å². The minimum Gasteiger partial charge on any atom is -0.489 e. The number of alkyl carbamates (subject to hydrolysis) is 1. The number of benzene rings is 3. The zero-order valence-electron chi connectivity index (χ0n) is 21.8. The lowest BCUT2D eigenvalue weighted by Gasteiger charge is -2.24. The average molecular weight is 519 g/mol. The fraction of sp³-hybridized carbons (Fsp3) is 0.300. The maximum atomic E-state index is 13.2. The zero-order valence-corrected chi connectivity index (χ0v) is 21.8. The summed E-state index contributed by atoms with van der Waals surface area (Å²) < 4.78 is 11.2. The Bertz CT molecular complexity index is 1190. The first-order chi connectivity index (χ1) is 18.1. The molecule has 0 aliphatic carbocycles. The van der Waals surface area contributed by atoms with Crippen molar-refractivity contribution in [3.05, 3.63) is 102 Å². The summed E-state index contributed by atoms with van der Waals surface area (Å²) in [7, 11) is 0. The van der Waals surface area contributed by atoms with E-state index >= 15 is 0 Å². The van der Waals surface area contributed by atoms with E-state index in [1.54, 1.807) is 69.3 Å². The van der Waals surface area contributed by atoms with Crippen molar-refractivity contribution in [1.29, 1.82) is 0 Å². The number of aliphatic carboxylic acids is 1. The van der Waals surface area contributed by atoms with E-state index in [-0.39, 0.29) is 12.8 Å². The third-order valence-corrected chi connectivity index (χ3v) is 5.52. The SMILES string of the molecule is CC(C)(C)OC(=O)N[C@@H](Cc1ccc(OCc2ccccc2)cc1)C(=O)N[C@@H](Cc1ccccc1)C(=O)O. The van der Waals surface area contributed by atoms with E-state index < -0.39 is 35.7 Å². The second-order valence-corrected chi connectivity index (χ2v) is 9.91. The van der Waals surface area contributed by atoms with Gasteiger partial charge in [0.2, 0.25) is 5.91 Å². The molecule has 3 aromatic carbocycles. The minimum absolute atomic E-state index is 0.106. The maximum Gasteiger partial charge on any atom is 0.408 e. The van der Waals surface area contributed by atoms with E-state index in [4.69, 9.17) is 9.47 Å². The molecule has 0 unspecified atom stereocenters. The van der Waals surface area contributed by atoms with E-state index in [1.165, 1.54) is 0 Å². The van der Waals surface area contributed by atoms with Crippen LogP contribution in [0.15, 0.2) is 84.9 Å². The van der Waals surface area contributed by atoms with Crippen LogP contribution in [-0.4, -0.2) is 40.8 Å². The van der Waals surface area contributed by atoms with Crippen LogP contribution in [-0.2, 0) is 33.8 Å². The molecule has 0 bridgehead atoms. The number of carboxylic acids is 1. The van der Waals surface area contributed by atoms with Gasteiger partial charge in [0.25, 0.3) is 0 Å². The number of hydrogen-bond donors (Lipinski definition) is 3. The molecule has 0 aliphatic rings. The zero-order chi connectivity index (χ0) is 27.5. The third-order valence-electron chi connectivity index (χ3n) is 5.52. The fourth-order valence-corrected chi connectivity index (χ4v) is 3.68. The Morgan fingerprint density at radius 2 is 1.26 bits per heavy atom. The molecule has 0 aliphatic heterocycles. The van der Waals surface area contributed by atoms with E-state index in [2.05, 4.69) is 10.6 Å². The van der Waals surface area contributed by atoms with Crippen LogP contribution in [0.4, 0.5) is 4.79 Å². The Balaban J connectivity index is 1.70. The molecule has 38 heavy (non-hydrogen) atoms.